The summed E-state index contributed by atoms with van der Waals surface area (Å²) in [6.45, 7) is 5.60. The van der Waals surface area contributed by atoms with Gasteiger partial charge in [0.05, 0.1) is 0 Å². The van der Waals surface area contributed by atoms with Gasteiger partial charge in [0.25, 0.3) is 5.91 Å². The molecule has 7 nitrogen and oxygen atoms in total. The number of piperidine rings is 1. The molecule has 0 radical (unpaired) electrons. The Hall–Kier alpha value is -1.86. The molecule has 0 bridgehead atoms. The van der Waals surface area contributed by atoms with Crippen LogP contribution in [0, 0.1) is 12.8 Å². The van der Waals surface area contributed by atoms with Crippen molar-refractivity contribution in [3.05, 3.63) is 33.4 Å². The Bertz CT molecular complexity index is 807. The average Bonchev–Trinajstić information content (AvgIpc) is 2.66. The van der Waals surface area contributed by atoms with Crippen LogP contribution in [0.1, 0.15) is 59.7 Å². The Labute approximate surface area is 177 Å². The Balaban J connectivity index is 0.00000240. The van der Waals surface area contributed by atoms with Crippen LogP contribution in [0.25, 0.3) is 0 Å². The standard InChI is InChI=1S/C21H29N3O4.ClH/c1-14-12-17(16-6-3-7-22-13-16)28-21(27)18(14)20(26)24-10-8-23(9-11-24)19(25)15-4-2-5-15;/h12,15-16,22H,2-11,13H2,1H3;1H. The van der Waals surface area contributed by atoms with E-state index in [1.165, 1.54) is 0 Å². The van der Waals surface area contributed by atoms with Gasteiger partial charge < -0.3 is 19.5 Å². The van der Waals surface area contributed by atoms with Crippen LogP contribution in [-0.2, 0) is 4.79 Å². The predicted molar refractivity (Wildman–Crippen MR) is 112 cm³/mol. The second-order valence-electron chi connectivity index (χ2n) is 8.28. The molecule has 2 saturated heterocycles. The highest BCUT2D eigenvalue weighted by Crippen LogP contribution is 2.29. The molecule has 3 heterocycles. The molecule has 1 unspecified atom stereocenters. The number of hydrogen-bond acceptors (Lipinski definition) is 5. The molecule has 1 aromatic heterocycles. The number of halogens is 1. The zero-order valence-electron chi connectivity index (χ0n) is 16.9. The number of amides is 2. The van der Waals surface area contributed by atoms with Crippen LogP contribution in [0.3, 0.4) is 0 Å². The summed E-state index contributed by atoms with van der Waals surface area (Å²) in [6.07, 6.45) is 5.15. The van der Waals surface area contributed by atoms with Crippen molar-refractivity contribution in [2.75, 3.05) is 39.3 Å². The molecule has 1 saturated carbocycles. The van der Waals surface area contributed by atoms with E-state index in [2.05, 4.69) is 5.32 Å². The van der Waals surface area contributed by atoms with Gasteiger partial charge in [0, 0.05) is 44.6 Å². The molecule has 1 N–H and O–H groups in total. The zero-order valence-corrected chi connectivity index (χ0v) is 17.8. The van der Waals surface area contributed by atoms with Gasteiger partial charge in [-0.15, -0.1) is 12.4 Å². The third kappa shape index (κ3) is 4.51. The van der Waals surface area contributed by atoms with E-state index in [0.29, 0.717) is 37.5 Å². The third-order valence-electron chi connectivity index (χ3n) is 6.41. The van der Waals surface area contributed by atoms with Crippen molar-refractivity contribution >= 4 is 24.2 Å². The molecule has 0 aromatic carbocycles. The molecule has 3 aliphatic rings. The van der Waals surface area contributed by atoms with E-state index >= 15 is 0 Å². The molecular weight excluding hydrogens is 394 g/mol. The van der Waals surface area contributed by atoms with Crippen molar-refractivity contribution in [1.29, 1.82) is 0 Å². The highest BCUT2D eigenvalue weighted by atomic mass is 35.5. The molecule has 2 aliphatic heterocycles. The van der Waals surface area contributed by atoms with Crippen LogP contribution in [0.4, 0.5) is 0 Å². The summed E-state index contributed by atoms with van der Waals surface area (Å²) < 4.78 is 5.55. The van der Waals surface area contributed by atoms with Crippen LogP contribution in [0.15, 0.2) is 15.3 Å². The van der Waals surface area contributed by atoms with Gasteiger partial charge in [0.1, 0.15) is 11.3 Å². The average molecular weight is 424 g/mol. The van der Waals surface area contributed by atoms with Gasteiger partial charge in [-0.05, 0) is 50.8 Å². The van der Waals surface area contributed by atoms with Crippen LogP contribution in [0.2, 0.25) is 0 Å². The second kappa shape index (κ2) is 9.30. The first-order valence-electron chi connectivity index (χ1n) is 10.5. The summed E-state index contributed by atoms with van der Waals surface area (Å²) >= 11 is 0. The molecule has 1 atom stereocenters. The summed E-state index contributed by atoms with van der Waals surface area (Å²) in [7, 11) is 0. The van der Waals surface area contributed by atoms with Gasteiger partial charge in [0.15, 0.2) is 0 Å². The number of nitrogens with one attached hydrogen (secondary N) is 1. The van der Waals surface area contributed by atoms with Gasteiger partial charge in [-0.25, -0.2) is 4.79 Å². The first-order chi connectivity index (χ1) is 13.5. The predicted octanol–water partition coefficient (Wildman–Crippen LogP) is 1.92. The first-order valence-corrected chi connectivity index (χ1v) is 10.5. The SMILES string of the molecule is Cc1cc(C2CCCNC2)oc(=O)c1C(=O)N1CCN(C(=O)C2CCC2)CC1.Cl. The Morgan fingerprint density at radius 3 is 2.31 bits per heavy atom. The van der Waals surface area contributed by atoms with E-state index in [1.54, 1.807) is 11.8 Å². The fourth-order valence-electron chi connectivity index (χ4n) is 4.39. The molecule has 0 spiro atoms. The maximum Gasteiger partial charge on any atom is 0.349 e. The van der Waals surface area contributed by atoms with E-state index in [9.17, 15) is 14.4 Å². The van der Waals surface area contributed by atoms with Gasteiger partial charge in [-0.1, -0.05) is 6.42 Å². The van der Waals surface area contributed by atoms with Crippen LogP contribution in [-0.4, -0.2) is 60.9 Å². The van der Waals surface area contributed by atoms with E-state index in [0.717, 1.165) is 45.2 Å². The summed E-state index contributed by atoms with van der Waals surface area (Å²) in [5, 5.41) is 3.32. The summed E-state index contributed by atoms with van der Waals surface area (Å²) in [4.78, 5) is 41.5. The molecule has 8 heteroatoms. The van der Waals surface area contributed by atoms with Crippen LogP contribution in [0.5, 0.6) is 0 Å². The first kappa shape index (κ1) is 21.8. The normalized spacial score (nSPS) is 22.6. The van der Waals surface area contributed by atoms with Crippen LogP contribution < -0.4 is 10.9 Å². The second-order valence-corrected chi connectivity index (χ2v) is 8.28. The molecule has 2 amide bonds. The van der Waals surface area contributed by atoms with E-state index < -0.39 is 5.63 Å². The van der Waals surface area contributed by atoms with Crippen LogP contribution >= 0.6 is 12.4 Å². The van der Waals surface area contributed by atoms with Gasteiger partial charge >= 0.3 is 5.63 Å². The summed E-state index contributed by atoms with van der Waals surface area (Å²) in [5.41, 5.74) is 0.264. The van der Waals surface area contributed by atoms with E-state index in [1.807, 2.05) is 11.0 Å². The minimum atomic E-state index is -0.543. The third-order valence-corrected chi connectivity index (χ3v) is 6.41. The Morgan fingerprint density at radius 2 is 1.76 bits per heavy atom. The number of aryl methyl sites for hydroxylation is 1. The summed E-state index contributed by atoms with van der Waals surface area (Å²) in [6, 6.07) is 1.85. The number of piperazine rings is 1. The zero-order chi connectivity index (χ0) is 19.7. The number of nitrogens with zero attached hydrogens (tertiary/aromatic N) is 2. The lowest BCUT2D eigenvalue weighted by molar-refractivity contribution is -0.139. The maximum absolute atomic E-state index is 13.0. The van der Waals surface area contributed by atoms with Crippen molar-refractivity contribution in [2.45, 2.75) is 44.9 Å². The molecular formula is C21H30ClN3O4. The van der Waals surface area contributed by atoms with Gasteiger partial charge in [-0.2, -0.15) is 0 Å². The fraction of sp³-hybridized carbons (Fsp3) is 0.667. The van der Waals surface area contributed by atoms with E-state index in [4.69, 9.17) is 4.42 Å². The van der Waals surface area contributed by atoms with Gasteiger partial charge in [0.2, 0.25) is 5.91 Å². The lowest BCUT2D eigenvalue weighted by atomic mass is 9.84. The highest BCUT2D eigenvalue weighted by molar-refractivity contribution is 5.95. The number of carbonyl (C=O) groups excluding carboxylic acids is 2. The van der Waals surface area contributed by atoms with E-state index in [-0.39, 0.29) is 41.6 Å². The summed E-state index contributed by atoms with van der Waals surface area (Å²) in [5.74, 6) is 0.973. The lowest BCUT2D eigenvalue weighted by Crippen LogP contribution is -2.53. The van der Waals surface area contributed by atoms with Crippen molar-refractivity contribution in [3.63, 3.8) is 0 Å². The number of rotatable bonds is 3. The number of carbonyl (C=O) groups is 2. The Morgan fingerprint density at radius 1 is 1.07 bits per heavy atom. The van der Waals surface area contributed by atoms with Crippen molar-refractivity contribution in [2.24, 2.45) is 5.92 Å². The lowest BCUT2D eigenvalue weighted by Gasteiger charge is -2.38. The smallest absolute Gasteiger partial charge is 0.349 e. The largest absolute Gasteiger partial charge is 0.427 e. The highest BCUT2D eigenvalue weighted by Gasteiger charge is 2.33. The molecule has 3 fully saturated rings. The minimum absolute atomic E-state index is 0. The van der Waals surface area contributed by atoms with Crippen molar-refractivity contribution in [3.8, 4) is 0 Å². The monoisotopic (exact) mass is 423 g/mol. The minimum Gasteiger partial charge on any atom is -0.427 e. The van der Waals surface area contributed by atoms with Gasteiger partial charge in [-0.3, -0.25) is 9.59 Å². The Kier molecular flexibility index (Phi) is 7.01. The fourth-order valence-corrected chi connectivity index (χ4v) is 4.39. The quantitative estimate of drug-likeness (QED) is 0.803. The molecule has 4 rings (SSSR count). The molecule has 160 valence electrons. The topological polar surface area (TPSA) is 82.9 Å². The molecule has 1 aliphatic carbocycles. The number of hydrogen-bond donors (Lipinski definition) is 1. The molecule has 29 heavy (non-hydrogen) atoms. The van der Waals surface area contributed by atoms with Crippen molar-refractivity contribution in [1.82, 2.24) is 15.1 Å². The van der Waals surface area contributed by atoms with Crippen molar-refractivity contribution < 1.29 is 14.0 Å². The molecule has 1 aromatic rings. The maximum atomic E-state index is 13.0.